The molecule has 3 nitrogen and oxygen atoms in total. The van der Waals surface area contributed by atoms with E-state index in [4.69, 9.17) is 0 Å². The maximum absolute atomic E-state index is 11.5. The molecule has 0 saturated heterocycles. The first-order valence-electron chi connectivity index (χ1n) is 4.92. The van der Waals surface area contributed by atoms with E-state index in [1.54, 1.807) is 12.1 Å². The molecule has 0 amide bonds. The normalized spacial score (nSPS) is 17.3. The number of sulfone groups is 1. The van der Waals surface area contributed by atoms with Gasteiger partial charge in [-0.25, -0.2) is 8.42 Å². The zero-order chi connectivity index (χ0) is 10.9. The van der Waals surface area contributed by atoms with Crippen LogP contribution in [0.3, 0.4) is 0 Å². The highest BCUT2D eigenvalue weighted by atomic mass is 32.2. The van der Waals surface area contributed by atoms with Crippen LogP contribution in [0.1, 0.15) is 17.5 Å². The number of rotatable bonds is 3. The van der Waals surface area contributed by atoms with Gasteiger partial charge in [0, 0.05) is 6.42 Å². The number of fused-ring (bicyclic) bond motifs is 1. The molecule has 0 aromatic heterocycles. The first kappa shape index (κ1) is 10.4. The molecule has 1 aliphatic heterocycles. The molecule has 1 aromatic carbocycles. The van der Waals surface area contributed by atoms with E-state index >= 15 is 0 Å². The molecule has 1 aliphatic rings. The second-order valence-electron chi connectivity index (χ2n) is 3.72. The summed E-state index contributed by atoms with van der Waals surface area (Å²) in [4.78, 5) is 10.7. The van der Waals surface area contributed by atoms with Crippen LogP contribution in [-0.2, 0) is 27.5 Å². The van der Waals surface area contributed by atoms with Crippen molar-refractivity contribution in [1.82, 2.24) is 0 Å². The summed E-state index contributed by atoms with van der Waals surface area (Å²) in [5.74, 6) is 0.222. The topological polar surface area (TPSA) is 51.2 Å². The number of carbonyl (C=O) groups is 1. The van der Waals surface area contributed by atoms with Crippen molar-refractivity contribution in [2.45, 2.75) is 24.2 Å². The average Bonchev–Trinajstić information content (AvgIpc) is 2.52. The minimum absolute atomic E-state index is 0.222. The smallest absolute Gasteiger partial charge is 0.178 e. The predicted octanol–water partition coefficient (Wildman–Crippen LogP) is 1.15. The van der Waals surface area contributed by atoms with Gasteiger partial charge in [0.2, 0.25) is 0 Å². The molecule has 0 bridgehead atoms. The monoisotopic (exact) mass is 224 g/mol. The summed E-state index contributed by atoms with van der Waals surface area (Å²) in [6, 6.07) is 5.37. The van der Waals surface area contributed by atoms with Crippen LogP contribution in [0.5, 0.6) is 0 Å². The Morgan fingerprint density at radius 1 is 1.33 bits per heavy atom. The van der Waals surface area contributed by atoms with Gasteiger partial charge in [-0.15, -0.1) is 0 Å². The number of benzene rings is 1. The van der Waals surface area contributed by atoms with Gasteiger partial charge in [0.15, 0.2) is 9.84 Å². The number of hydrogen-bond donors (Lipinski definition) is 0. The van der Waals surface area contributed by atoms with E-state index in [0.29, 0.717) is 24.2 Å². The highest BCUT2D eigenvalue weighted by Crippen LogP contribution is 2.26. The molecule has 1 aromatic rings. The largest absolute Gasteiger partial charge is 0.303 e. The van der Waals surface area contributed by atoms with Gasteiger partial charge in [-0.3, -0.25) is 0 Å². The van der Waals surface area contributed by atoms with Crippen molar-refractivity contribution in [1.29, 1.82) is 0 Å². The zero-order valence-corrected chi connectivity index (χ0v) is 9.09. The molecule has 0 saturated carbocycles. The summed E-state index contributed by atoms with van der Waals surface area (Å²) in [6.07, 6.45) is 2.67. The predicted molar refractivity (Wildman–Crippen MR) is 56.6 cm³/mol. The van der Waals surface area contributed by atoms with Crippen LogP contribution in [0.2, 0.25) is 0 Å². The highest BCUT2D eigenvalue weighted by molar-refractivity contribution is 7.91. The summed E-state index contributed by atoms with van der Waals surface area (Å²) < 4.78 is 23.0. The molecule has 0 radical (unpaired) electrons. The fourth-order valence-corrected chi connectivity index (χ4v) is 3.41. The number of carbonyl (C=O) groups excluding carboxylic acids is 1. The fourth-order valence-electron chi connectivity index (χ4n) is 1.87. The summed E-state index contributed by atoms with van der Waals surface area (Å²) in [5, 5.41) is 0. The minimum atomic E-state index is -3.01. The third kappa shape index (κ3) is 1.95. The molecule has 15 heavy (non-hydrogen) atoms. The Hall–Kier alpha value is -1.16. The number of hydrogen-bond acceptors (Lipinski definition) is 3. The molecular weight excluding hydrogens is 212 g/mol. The van der Waals surface area contributed by atoms with E-state index < -0.39 is 9.84 Å². The van der Waals surface area contributed by atoms with Crippen LogP contribution < -0.4 is 0 Å². The number of aldehydes is 1. The second kappa shape index (κ2) is 3.77. The molecule has 2 rings (SSSR count). The van der Waals surface area contributed by atoms with Crippen LogP contribution in [0.4, 0.5) is 0 Å². The van der Waals surface area contributed by atoms with Crippen LogP contribution >= 0.6 is 0 Å². The van der Waals surface area contributed by atoms with Crippen molar-refractivity contribution in [3.05, 3.63) is 29.3 Å². The van der Waals surface area contributed by atoms with Gasteiger partial charge < -0.3 is 4.79 Å². The second-order valence-corrected chi connectivity index (χ2v) is 5.79. The first-order valence-corrected chi connectivity index (χ1v) is 6.57. The maximum atomic E-state index is 11.5. The van der Waals surface area contributed by atoms with Crippen molar-refractivity contribution in [3.63, 3.8) is 0 Å². The van der Waals surface area contributed by atoms with E-state index in [1.807, 2.05) is 6.07 Å². The molecule has 0 fully saturated rings. The van der Waals surface area contributed by atoms with Crippen molar-refractivity contribution >= 4 is 16.1 Å². The van der Waals surface area contributed by atoms with E-state index in [-0.39, 0.29) is 5.75 Å². The van der Waals surface area contributed by atoms with Gasteiger partial charge in [0.25, 0.3) is 0 Å². The quantitative estimate of drug-likeness (QED) is 0.724. The lowest BCUT2D eigenvalue weighted by Crippen LogP contribution is -1.98. The Bertz CT molecular complexity index is 489. The van der Waals surface area contributed by atoms with Crippen molar-refractivity contribution in [2.75, 3.05) is 5.75 Å². The molecule has 80 valence electrons. The number of aryl methyl sites for hydroxylation is 2. The van der Waals surface area contributed by atoms with E-state index in [1.165, 1.54) is 0 Å². The SMILES string of the molecule is O=CCCc1ccc2c(c1)CCS2(=O)=O. The first-order chi connectivity index (χ1) is 7.13. The van der Waals surface area contributed by atoms with Gasteiger partial charge in [0.1, 0.15) is 6.29 Å². The molecule has 4 heteroatoms. The summed E-state index contributed by atoms with van der Waals surface area (Å²) in [6.45, 7) is 0. The molecule has 0 unspecified atom stereocenters. The standard InChI is InChI=1S/C11H12O3S/c12-6-1-2-9-3-4-11-10(8-9)5-7-15(11,13)14/h3-4,6,8H,1-2,5,7H2. The van der Waals surface area contributed by atoms with Gasteiger partial charge in [-0.2, -0.15) is 0 Å². The lowest BCUT2D eigenvalue weighted by atomic mass is 10.1. The van der Waals surface area contributed by atoms with E-state index in [0.717, 1.165) is 17.4 Å². The Morgan fingerprint density at radius 2 is 2.13 bits per heavy atom. The Labute approximate surface area is 89.0 Å². The maximum Gasteiger partial charge on any atom is 0.178 e. The Kier molecular flexibility index (Phi) is 2.61. The third-order valence-electron chi connectivity index (χ3n) is 2.65. The van der Waals surface area contributed by atoms with Gasteiger partial charge in [-0.05, 0) is 30.0 Å². The van der Waals surface area contributed by atoms with E-state index in [9.17, 15) is 13.2 Å². The van der Waals surface area contributed by atoms with Gasteiger partial charge >= 0.3 is 0 Å². The average molecular weight is 224 g/mol. The van der Waals surface area contributed by atoms with Crippen LogP contribution in [-0.4, -0.2) is 20.5 Å². The summed E-state index contributed by atoms with van der Waals surface area (Å²) in [5.41, 5.74) is 1.94. The molecule has 0 aliphatic carbocycles. The van der Waals surface area contributed by atoms with Crippen molar-refractivity contribution in [2.24, 2.45) is 0 Å². The zero-order valence-electron chi connectivity index (χ0n) is 8.27. The molecule has 1 heterocycles. The van der Waals surface area contributed by atoms with Gasteiger partial charge in [0.05, 0.1) is 10.6 Å². The Balaban J connectivity index is 2.33. The van der Waals surface area contributed by atoms with Crippen LogP contribution in [0, 0.1) is 0 Å². The minimum Gasteiger partial charge on any atom is -0.303 e. The van der Waals surface area contributed by atoms with Crippen molar-refractivity contribution in [3.8, 4) is 0 Å². The van der Waals surface area contributed by atoms with Gasteiger partial charge in [-0.1, -0.05) is 12.1 Å². The van der Waals surface area contributed by atoms with E-state index in [2.05, 4.69) is 0 Å². The van der Waals surface area contributed by atoms with Crippen LogP contribution in [0.25, 0.3) is 0 Å². The summed E-state index contributed by atoms with van der Waals surface area (Å²) >= 11 is 0. The Morgan fingerprint density at radius 3 is 2.87 bits per heavy atom. The lowest BCUT2D eigenvalue weighted by Gasteiger charge is -2.01. The molecular formula is C11H12O3S. The third-order valence-corrected chi connectivity index (χ3v) is 4.46. The highest BCUT2D eigenvalue weighted by Gasteiger charge is 2.25. The lowest BCUT2D eigenvalue weighted by molar-refractivity contribution is -0.107. The van der Waals surface area contributed by atoms with Crippen molar-refractivity contribution < 1.29 is 13.2 Å². The molecule has 0 atom stereocenters. The summed E-state index contributed by atoms with van der Waals surface area (Å²) in [7, 11) is -3.01. The van der Waals surface area contributed by atoms with Crippen LogP contribution in [0.15, 0.2) is 23.1 Å². The molecule has 0 spiro atoms. The fraction of sp³-hybridized carbons (Fsp3) is 0.364. The molecule has 0 N–H and O–H groups in total.